The quantitative estimate of drug-likeness (QED) is 0.764. The minimum absolute atomic E-state index is 0. The van der Waals surface area contributed by atoms with E-state index in [0.717, 1.165) is 30.8 Å². The molecule has 1 aromatic rings. The number of carbonyl (C=O) groups is 1. The third-order valence-corrected chi connectivity index (χ3v) is 2.51. The molecule has 3 N–H and O–H groups in total. The summed E-state index contributed by atoms with van der Waals surface area (Å²) in [6, 6.07) is 0. The molecule has 2 rings (SSSR count). The first-order valence-electron chi connectivity index (χ1n) is 4.77. The van der Waals surface area contributed by atoms with Gasteiger partial charge in [-0.1, -0.05) is 0 Å². The van der Waals surface area contributed by atoms with Crippen molar-refractivity contribution in [1.82, 2.24) is 9.78 Å². The van der Waals surface area contributed by atoms with Crippen LogP contribution in [-0.2, 0) is 24.7 Å². The summed E-state index contributed by atoms with van der Waals surface area (Å²) in [6.07, 6.45) is 3.15. The van der Waals surface area contributed by atoms with Crippen molar-refractivity contribution in [2.24, 2.45) is 12.8 Å². The molecule has 0 unspecified atom stereocenters. The van der Waals surface area contributed by atoms with Crippen LogP contribution in [0.2, 0.25) is 0 Å². The Morgan fingerprint density at radius 1 is 1.60 bits per heavy atom. The molecular weight excluding hydrogens is 216 g/mol. The van der Waals surface area contributed by atoms with Gasteiger partial charge in [0.25, 0.3) is 0 Å². The Kier molecular flexibility index (Phi) is 3.71. The SMILES string of the molecule is Cl.Cn1nc2c(c1NC(=O)CN)CCC2. The van der Waals surface area contributed by atoms with Crippen LogP contribution in [0.4, 0.5) is 5.82 Å². The average Bonchev–Trinajstić information content (AvgIpc) is 2.70. The monoisotopic (exact) mass is 230 g/mol. The van der Waals surface area contributed by atoms with Crippen LogP contribution in [0.15, 0.2) is 0 Å². The van der Waals surface area contributed by atoms with Gasteiger partial charge in [-0.05, 0) is 19.3 Å². The number of hydrogen-bond donors (Lipinski definition) is 2. The first kappa shape index (κ1) is 12.0. The Labute approximate surface area is 94.4 Å². The molecule has 0 saturated carbocycles. The molecule has 1 amide bonds. The lowest BCUT2D eigenvalue weighted by atomic mass is 10.2. The van der Waals surface area contributed by atoms with Crippen LogP contribution < -0.4 is 11.1 Å². The fourth-order valence-electron chi connectivity index (χ4n) is 1.86. The molecule has 84 valence electrons. The van der Waals surface area contributed by atoms with Crippen LogP contribution in [0, 0.1) is 0 Å². The number of hydrogen-bond acceptors (Lipinski definition) is 3. The van der Waals surface area contributed by atoms with Crippen molar-refractivity contribution in [3.63, 3.8) is 0 Å². The number of anilines is 1. The molecule has 0 bridgehead atoms. The Balaban J connectivity index is 0.00000112. The lowest BCUT2D eigenvalue weighted by Gasteiger charge is -2.05. The van der Waals surface area contributed by atoms with Crippen molar-refractivity contribution in [2.45, 2.75) is 19.3 Å². The number of carbonyl (C=O) groups excluding carboxylic acids is 1. The van der Waals surface area contributed by atoms with E-state index in [1.54, 1.807) is 4.68 Å². The van der Waals surface area contributed by atoms with E-state index in [9.17, 15) is 4.79 Å². The highest BCUT2D eigenvalue weighted by Crippen LogP contribution is 2.27. The van der Waals surface area contributed by atoms with Gasteiger partial charge in [0, 0.05) is 12.6 Å². The zero-order valence-electron chi connectivity index (χ0n) is 8.62. The summed E-state index contributed by atoms with van der Waals surface area (Å²) in [7, 11) is 1.84. The molecule has 5 nitrogen and oxygen atoms in total. The van der Waals surface area contributed by atoms with Gasteiger partial charge in [-0.2, -0.15) is 5.10 Å². The maximum atomic E-state index is 11.2. The second-order valence-electron chi connectivity index (χ2n) is 3.50. The number of aromatic nitrogens is 2. The highest BCUT2D eigenvalue weighted by atomic mass is 35.5. The second kappa shape index (κ2) is 4.63. The van der Waals surface area contributed by atoms with E-state index < -0.39 is 0 Å². The van der Waals surface area contributed by atoms with Gasteiger partial charge in [-0.25, -0.2) is 0 Å². The van der Waals surface area contributed by atoms with Crippen molar-refractivity contribution in [3.05, 3.63) is 11.3 Å². The van der Waals surface area contributed by atoms with E-state index in [1.807, 2.05) is 7.05 Å². The van der Waals surface area contributed by atoms with Crippen LogP contribution in [0.1, 0.15) is 17.7 Å². The molecule has 0 aliphatic heterocycles. The predicted molar refractivity (Wildman–Crippen MR) is 60.2 cm³/mol. The topological polar surface area (TPSA) is 72.9 Å². The van der Waals surface area contributed by atoms with Crippen molar-refractivity contribution in [2.75, 3.05) is 11.9 Å². The Morgan fingerprint density at radius 3 is 3.00 bits per heavy atom. The molecule has 0 radical (unpaired) electrons. The minimum atomic E-state index is -0.164. The zero-order chi connectivity index (χ0) is 10.1. The van der Waals surface area contributed by atoms with Crippen LogP contribution in [-0.4, -0.2) is 22.2 Å². The van der Waals surface area contributed by atoms with Crippen LogP contribution in [0.25, 0.3) is 0 Å². The standard InChI is InChI=1S/C9H14N4O.ClH/c1-13-9(11-8(14)5-10)6-3-2-4-7(6)12-13;/h2-5,10H2,1H3,(H,11,14);1H. The summed E-state index contributed by atoms with van der Waals surface area (Å²) in [5.74, 6) is 0.649. The van der Waals surface area contributed by atoms with Gasteiger partial charge < -0.3 is 11.1 Å². The molecule has 6 heteroatoms. The molecule has 0 spiro atoms. The summed E-state index contributed by atoms with van der Waals surface area (Å²) >= 11 is 0. The van der Waals surface area contributed by atoms with Crippen molar-refractivity contribution in [3.8, 4) is 0 Å². The highest BCUT2D eigenvalue weighted by Gasteiger charge is 2.21. The lowest BCUT2D eigenvalue weighted by Crippen LogP contribution is -2.23. The fraction of sp³-hybridized carbons (Fsp3) is 0.556. The Morgan fingerprint density at radius 2 is 2.33 bits per heavy atom. The van der Waals surface area contributed by atoms with Crippen LogP contribution in [0.3, 0.4) is 0 Å². The molecule has 0 saturated heterocycles. The van der Waals surface area contributed by atoms with Crippen molar-refractivity contribution >= 4 is 24.1 Å². The summed E-state index contributed by atoms with van der Waals surface area (Å²) < 4.78 is 1.72. The summed E-state index contributed by atoms with van der Waals surface area (Å²) in [4.78, 5) is 11.2. The van der Waals surface area contributed by atoms with E-state index in [2.05, 4.69) is 10.4 Å². The van der Waals surface area contributed by atoms with Gasteiger partial charge in [0.15, 0.2) is 0 Å². The number of rotatable bonds is 2. The largest absolute Gasteiger partial charge is 0.322 e. The molecule has 1 heterocycles. The van der Waals surface area contributed by atoms with E-state index in [1.165, 1.54) is 5.56 Å². The Bertz CT molecular complexity index is 374. The van der Waals surface area contributed by atoms with Crippen molar-refractivity contribution in [1.29, 1.82) is 0 Å². The molecule has 0 fully saturated rings. The van der Waals surface area contributed by atoms with Gasteiger partial charge >= 0.3 is 0 Å². The molecule has 1 aliphatic rings. The molecule has 1 aliphatic carbocycles. The summed E-state index contributed by atoms with van der Waals surface area (Å²) in [6.45, 7) is 0.0138. The van der Waals surface area contributed by atoms with Gasteiger partial charge in [-0.3, -0.25) is 9.48 Å². The zero-order valence-corrected chi connectivity index (χ0v) is 9.43. The maximum absolute atomic E-state index is 11.2. The predicted octanol–water partition coefficient (Wildman–Crippen LogP) is 0.228. The van der Waals surface area contributed by atoms with Crippen LogP contribution in [0.5, 0.6) is 0 Å². The average molecular weight is 231 g/mol. The highest BCUT2D eigenvalue weighted by molar-refractivity contribution is 5.92. The normalized spacial score (nSPS) is 13.2. The van der Waals surface area contributed by atoms with Gasteiger partial charge in [0.1, 0.15) is 5.82 Å². The Hall–Kier alpha value is -1.07. The molecule has 0 aromatic carbocycles. The first-order chi connectivity index (χ1) is 6.72. The lowest BCUT2D eigenvalue weighted by molar-refractivity contribution is -0.114. The van der Waals surface area contributed by atoms with Crippen molar-refractivity contribution < 1.29 is 4.79 Å². The second-order valence-corrected chi connectivity index (χ2v) is 3.50. The van der Waals surface area contributed by atoms with Gasteiger partial charge in [0.2, 0.25) is 5.91 Å². The third-order valence-electron chi connectivity index (χ3n) is 2.51. The van der Waals surface area contributed by atoms with Gasteiger partial charge in [0.05, 0.1) is 12.2 Å². The summed E-state index contributed by atoms with van der Waals surface area (Å²) in [5.41, 5.74) is 7.53. The first-order valence-corrected chi connectivity index (χ1v) is 4.77. The number of aryl methyl sites for hydroxylation is 2. The minimum Gasteiger partial charge on any atom is -0.322 e. The number of nitrogens with zero attached hydrogens (tertiary/aromatic N) is 2. The van der Waals surface area contributed by atoms with Gasteiger partial charge in [-0.15, -0.1) is 12.4 Å². The summed E-state index contributed by atoms with van der Waals surface area (Å²) in [5, 5.41) is 7.12. The van der Waals surface area contributed by atoms with E-state index in [4.69, 9.17) is 5.73 Å². The number of fused-ring (bicyclic) bond motifs is 1. The number of amides is 1. The number of nitrogens with two attached hydrogens (primary N) is 1. The van der Waals surface area contributed by atoms with Crippen LogP contribution >= 0.6 is 12.4 Å². The molecule has 1 aromatic heterocycles. The third kappa shape index (κ3) is 2.13. The number of nitrogens with one attached hydrogen (secondary N) is 1. The fourth-order valence-corrected chi connectivity index (χ4v) is 1.86. The van der Waals surface area contributed by atoms with E-state index >= 15 is 0 Å². The molecular formula is C9H15ClN4O. The molecule has 15 heavy (non-hydrogen) atoms. The smallest absolute Gasteiger partial charge is 0.239 e. The van der Waals surface area contributed by atoms with E-state index in [-0.39, 0.29) is 24.9 Å². The number of halogens is 1. The van der Waals surface area contributed by atoms with E-state index in [0.29, 0.717) is 0 Å². The molecule has 0 atom stereocenters. The maximum Gasteiger partial charge on any atom is 0.239 e.